The highest BCUT2D eigenvalue weighted by molar-refractivity contribution is 6.36. The van der Waals surface area contributed by atoms with Gasteiger partial charge in [-0.15, -0.1) is 0 Å². The SMILES string of the molecule is COC(=O)c1ccccc1N1C(=O)CC(c2c(Cl)cccc2Cl)C2=C1CC(C)(C)CC2=O. The average molecular weight is 472 g/mol. The molecule has 2 aromatic rings. The number of allylic oxidation sites excluding steroid dienone is 2. The number of para-hydroxylation sites is 1. The third-order valence-electron chi connectivity index (χ3n) is 6.04. The van der Waals surface area contributed by atoms with E-state index in [0.29, 0.717) is 45.4 Å². The van der Waals surface area contributed by atoms with E-state index in [9.17, 15) is 14.4 Å². The van der Waals surface area contributed by atoms with Crippen molar-refractivity contribution in [2.45, 2.75) is 39.0 Å². The van der Waals surface area contributed by atoms with Crippen LogP contribution in [0.5, 0.6) is 0 Å². The Morgan fingerprint density at radius 2 is 1.69 bits per heavy atom. The van der Waals surface area contributed by atoms with Crippen molar-refractivity contribution in [1.29, 1.82) is 0 Å². The minimum atomic E-state index is -0.548. The topological polar surface area (TPSA) is 63.7 Å². The van der Waals surface area contributed by atoms with E-state index in [4.69, 9.17) is 27.9 Å². The Hall–Kier alpha value is -2.63. The number of methoxy groups -OCH3 is 1. The van der Waals surface area contributed by atoms with Gasteiger partial charge in [-0.25, -0.2) is 4.79 Å². The molecule has 0 bridgehead atoms. The van der Waals surface area contributed by atoms with Crippen molar-refractivity contribution in [1.82, 2.24) is 0 Å². The number of carbonyl (C=O) groups is 3. The van der Waals surface area contributed by atoms with Crippen molar-refractivity contribution in [3.8, 4) is 0 Å². The highest BCUT2D eigenvalue weighted by atomic mass is 35.5. The standard InChI is InChI=1S/C25H23Cl2NO4/c1-25(2)12-19-23(20(29)13-25)15(22-16(26)8-6-9-17(22)27)11-21(30)28(19)18-10-5-4-7-14(18)24(31)32-3/h4-10,15H,11-13H2,1-3H3. The van der Waals surface area contributed by atoms with Gasteiger partial charge in [-0.05, 0) is 41.7 Å². The van der Waals surface area contributed by atoms with Crippen LogP contribution in [-0.2, 0) is 14.3 Å². The molecule has 0 radical (unpaired) electrons. The van der Waals surface area contributed by atoms with Gasteiger partial charge in [0.25, 0.3) is 0 Å². The number of rotatable bonds is 3. The molecule has 2 aromatic carbocycles. The summed E-state index contributed by atoms with van der Waals surface area (Å²) in [6.07, 6.45) is 0.864. The monoisotopic (exact) mass is 471 g/mol. The third-order valence-corrected chi connectivity index (χ3v) is 6.70. The van der Waals surface area contributed by atoms with Crippen LogP contribution in [0.2, 0.25) is 10.0 Å². The van der Waals surface area contributed by atoms with Crippen molar-refractivity contribution >= 4 is 46.5 Å². The highest BCUT2D eigenvalue weighted by Gasteiger charge is 2.45. The summed E-state index contributed by atoms with van der Waals surface area (Å²) < 4.78 is 4.93. The van der Waals surface area contributed by atoms with Crippen LogP contribution in [0.25, 0.3) is 0 Å². The van der Waals surface area contributed by atoms with Crippen LogP contribution in [0.4, 0.5) is 5.69 Å². The number of benzene rings is 2. The quantitative estimate of drug-likeness (QED) is 0.519. The maximum atomic E-state index is 13.6. The summed E-state index contributed by atoms with van der Waals surface area (Å²) in [5, 5.41) is 0.839. The van der Waals surface area contributed by atoms with Crippen molar-refractivity contribution in [3.63, 3.8) is 0 Å². The summed E-state index contributed by atoms with van der Waals surface area (Å²) in [5.74, 6) is -1.35. The number of hydrogen-bond donors (Lipinski definition) is 0. The molecule has 2 aliphatic rings. The number of anilines is 1. The Morgan fingerprint density at radius 1 is 1.03 bits per heavy atom. The van der Waals surface area contributed by atoms with Gasteiger partial charge >= 0.3 is 5.97 Å². The van der Waals surface area contributed by atoms with Crippen LogP contribution in [0.15, 0.2) is 53.7 Å². The number of hydrogen-bond acceptors (Lipinski definition) is 4. The lowest BCUT2D eigenvalue weighted by Gasteiger charge is -2.43. The number of nitrogens with zero attached hydrogens (tertiary/aromatic N) is 1. The van der Waals surface area contributed by atoms with Gasteiger partial charge < -0.3 is 4.74 Å². The van der Waals surface area contributed by atoms with Gasteiger partial charge in [0.1, 0.15) is 0 Å². The first kappa shape index (κ1) is 22.6. The predicted octanol–water partition coefficient (Wildman–Crippen LogP) is 5.94. The molecule has 7 heteroatoms. The van der Waals surface area contributed by atoms with Crippen molar-refractivity contribution in [2.24, 2.45) is 5.41 Å². The Balaban J connectivity index is 1.97. The Labute approximate surface area is 196 Å². The highest BCUT2D eigenvalue weighted by Crippen LogP contribution is 2.50. The smallest absolute Gasteiger partial charge is 0.339 e. The van der Waals surface area contributed by atoms with Gasteiger partial charge in [-0.1, -0.05) is 55.2 Å². The van der Waals surface area contributed by atoms with Gasteiger partial charge in [0.05, 0.1) is 18.4 Å². The van der Waals surface area contributed by atoms with Crippen LogP contribution in [0.1, 0.15) is 54.9 Å². The maximum Gasteiger partial charge on any atom is 0.339 e. The molecule has 32 heavy (non-hydrogen) atoms. The van der Waals surface area contributed by atoms with E-state index >= 15 is 0 Å². The summed E-state index contributed by atoms with van der Waals surface area (Å²) in [5.41, 5.74) is 2.05. The van der Waals surface area contributed by atoms with Gasteiger partial charge in [-0.2, -0.15) is 0 Å². The molecule has 1 heterocycles. The molecular weight excluding hydrogens is 449 g/mol. The van der Waals surface area contributed by atoms with Crippen LogP contribution < -0.4 is 4.90 Å². The summed E-state index contributed by atoms with van der Waals surface area (Å²) >= 11 is 13.0. The van der Waals surface area contributed by atoms with Crippen LogP contribution >= 0.6 is 23.2 Å². The fourth-order valence-electron chi connectivity index (χ4n) is 4.74. The zero-order chi connectivity index (χ0) is 23.2. The van der Waals surface area contributed by atoms with E-state index in [1.54, 1.807) is 42.5 Å². The van der Waals surface area contributed by atoms with E-state index in [0.717, 1.165) is 0 Å². The number of ether oxygens (including phenoxy) is 1. The number of esters is 1. The lowest BCUT2D eigenvalue weighted by Crippen LogP contribution is -2.44. The molecule has 0 spiro atoms. The first-order valence-corrected chi connectivity index (χ1v) is 11.1. The van der Waals surface area contributed by atoms with E-state index in [1.807, 2.05) is 13.8 Å². The first-order valence-electron chi connectivity index (χ1n) is 10.3. The largest absolute Gasteiger partial charge is 0.465 e. The molecule has 0 saturated heterocycles. The molecule has 0 aromatic heterocycles. The Kier molecular flexibility index (Phi) is 5.91. The average Bonchev–Trinajstić information content (AvgIpc) is 2.72. The van der Waals surface area contributed by atoms with Crippen LogP contribution in [-0.4, -0.2) is 24.8 Å². The van der Waals surface area contributed by atoms with E-state index in [-0.39, 0.29) is 29.1 Å². The maximum absolute atomic E-state index is 13.6. The third kappa shape index (κ3) is 3.84. The molecule has 1 unspecified atom stereocenters. The summed E-state index contributed by atoms with van der Waals surface area (Å²) in [6, 6.07) is 11.9. The number of halogens is 2. The zero-order valence-electron chi connectivity index (χ0n) is 18.1. The molecule has 166 valence electrons. The molecule has 1 atom stereocenters. The zero-order valence-corrected chi connectivity index (χ0v) is 19.6. The normalized spacial score (nSPS) is 20.3. The van der Waals surface area contributed by atoms with Crippen molar-refractivity contribution < 1.29 is 19.1 Å². The van der Waals surface area contributed by atoms with Gasteiger partial charge in [0.2, 0.25) is 5.91 Å². The molecule has 4 rings (SSSR count). The molecule has 1 aliphatic heterocycles. The summed E-state index contributed by atoms with van der Waals surface area (Å²) in [6.45, 7) is 3.99. The lowest BCUT2D eigenvalue weighted by atomic mass is 9.69. The predicted molar refractivity (Wildman–Crippen MR) is 124 cm³/mol. The first-order chi connectivity index (χ1) is 15.1. The second-order valence-electron chi connectivity index (χ2n) is 8.93. The van der Waals surface area contributed by atoms with Crippen molar-refractivity contribution in [3.05, 3.63) is 74.9 Å². The lowest BCUT2D eigenvalue weighted by molar-refractivity contribution is -0.121. The summed E-state index contributed by atoms with van der Waals surface area (Å²) in [4.78, 5) is 41.0. The molecule has 0 fully saturated rings. The minimum Gasteiger partial charge on any atom is -0.465 e. The van der Waals surface area contributed by atoms with Crippen molar-refractivity contribution in [2.75, 3.05) is 12.0 Å². The molecule has 1 aliphatic carbocycles. The van der Waals surface area contributed by atoms with E-state index < -0.39 is 11.9 Å². The van der Waals surface area contributed by atoms with Gasteiger partial charge in [0.15, 0.2) is 5.78 Å². The fourth-order valence-corrected chi connectivity index (χ4v) is 5.40. The Bertz CT molecular complexity index is 1150. The second-order valence-corrected chi connectivity index (χ2v) is 9.75. The molecule has 0 N–H and O–H groups in total. The summed E-state index contributed by atoms with van der Waals surface area (Å²) in [7, 11) is 1.30. The number of ketones is 1. The minimum absolute atomic E-state index is 0.0178. The molecule has 5 nitrogen and oxygen atoms in total. The van der Waals surface area contributed by atoms with Crippen LogP contribution in [0, 0.1) is 5.41 Å². The fraction of sp³-hybridized carbons (Fsp3) is 0.320. The van der Waals surface area contributed by atoms with Gasteiger partial charge in [-0.3, -0.25) is 14.5 Å². The van der Waals surface area contributed by atoms with E-state index in [2.05, 4.69) is 0 Å². The number of Topliss-reactive ketones (excluding diaryl/α,β-unsaturated/α-hetero) is 1. The van der Waals surface area contributed by atoms with Gasteiger partial charge in [0, 0.05) is 40.1 Å². The molecule has 0 saturated carbocycles. The molecule has 1 amide bonds. The Morgan fingerprint density at radius 3 is 2.34 bits per heavy atom. The second kappa shape index (κ2) is 8.38. The molecular formula is C25H23Cl2NO4. The number of amides is 1. The number of carbonyl (C=O) groups excluding carboxylic acids is 3. The van der Waals surface area contributed by atoms with E-state index in [1.165, 1.54) is 12.0 Å². The van der Waals surface area contributed by atoms with Crippen LogP contribution in [0.3, 0.4) is 0 Å².